The van der Waals surface area contributed by atoms with E-state index in [0.29, 0.717) is 18.7 Å². The van der Waals surface area contributed by atoms with Crippen LogP contribution in [0.3, 0.4) is 0 Å². The number of carbonyl (C=O) groups excluding carboxylic acids is 2. The fourth-order valence-corrected chi connectivity index (χ4v) is 4.21. The number of aliphatic hydroxyl groups is 1. The van der Waals surface area contributed by atoms with E-state index in [2.05, 4.69) is 5.32 Å². The van der Waals surface area contributed by atoms with Gasteiger partial charge in [-0.15, -0.1) is 0 Å². The zero-order valence-electron chi connectivity index (χ0n) is 17.8. The first-order valence-corrected chi connectivity index (χ1v) is 10.6. The van der Waals surface area contributed by atoms with Crippen molar-refractivity contribution in [2.24, 2.45) is 0 Å². The zero-order chi connectivity index (χ0) is 22.0. The molecule has 2 aromatic rings. The van der Waals surface area contributed by atoms with Gasteiger partial charge in [-0.1, -0.05) is 48.5 Å². The summed E-state index contributed by atoms with van der Waals surface area (Å²) in [6.07, 6.45) is -0.172. The lowest BCUT2D eigenvalue weighted by Gasteiger charge is -2.42. The van der Waals surface area contributed by atoms with Gasteiger partial charge < -0.3 is 19.9 Å². The molecule has 4 rings (SSSR count). The van der Waals surface area contributed by atoms with Gasteiger partial charge in [0.25, 0.3) is 0 Å². The van der Waals surface area contributed by atoms with E-state index in [1.165, 1.54) is 4.90 Å². The van der Waals surface area contributed by atoms with Gasteiger partial charge in [-0.25, -0.2) is 4.79 Å². The third kappa shape index (κ3) is 4.37. The highest BCUT2D eigenvalue weighted by molar-refractivity contribution is 5.86. The van der Waals surface area contributed by atoms with Crippen LogP contribution in [-0.4, -0.2) is 46.3 Å². The van der Waals surface area contributed by atoms with Gasteiger partial charge in [0.05, 0.1) is 6.04 Å². The normalized spacial score (nSPS) is 24.1. The molecule has 0 aromatic heterocycles. The number of fused-ring (bicyclic) bond motifs is 1. The maximum Gasteiger partial charge on any atom is 0.410 e. The molecule has 3 unspecified atom stereocenters. The van der Waals surface area contributed by atoms with Crippen LogP contribution in [0.5, 0.6) is 5.75 Å². The molecule has 2 heterocycles. The minimum atomic E-state index is -0.939. The minimum absolute atomic E-state index is 0.157. The Kier molecular flexibility index (Phi) is 5.87. The SMILES string of the molecule is CC1(C)Oc2ccccc2C(NC(=O)C2CCCN2C(=O)OCc2ccccc2)C1O. The van der Waals surface area contributed by atoms with Gasteiger partial charge in [0.2, 0.25) is 5.91 Å². The topological polar surface area (TPSA) is 88.1 Å². The lowest BCUT2D eigenvalue weighted by atomic mass is 9.86. The van der Waals surface area contributed by atoms with Crippen LogP contribution in [0.2, 0.25) is 0 Å². The molecule has 0 spiro atoms. The van der Waals surface area contributed by atoms with Crippen LogP contribution in [0.4, 0.5) is 4.79 Å². The standard InChI is InChI=1S/C24H28N2O5/c1-24(2)21(27)20(17-11-6-7-13-19(17)31-24)25-22(28)18-12-8-14-26(18)23(29)30-15-16-9-4-3-5-10-16/h3-7,9-11,13,18,20-21,27H,8,12,14-15H2,1-2H3,(H,25,28). The van der Waals surface area contributed by atoms with E-state index in [9.17, 15) is 14.7 Å². The fourth-order valence-electron chi connectivity index (χ4n) is 4.21. The minimum Gasteiger partial charge on any atom is -0.485 e. The van der Waals surface area contributed by atoms with E-state index in [4.69, 9.17) is 9.47 Å². The molecule has 3 atom stereocenters. The molecule has 2 aromatic carbocycles. The summed E-state index contributed by atoms with van der Waals surface area (Å²) in [4.78, 5) is 27.3. The molecule has 2 aliphatic heterocycles. The summed E-state index contributed by atoms with van der Waals surface area (Å²) in [5.74, 6) is 0.333. The van der Waals surface area contributed by atoms with Crippen LogP contribution in [0.15, 0.2) is 54.6 Å². The van der Waals surface area contributed by atoms with Crippen LogP contribution >= 0.6 is 0 Å². The molecule has 0 bridgehead atoms. The molecule has 0 saturated carbocycles. The number of aliphatic hydroxyl groups excluding tert-OH is 1. The van der Waals surface area contributed by atoms with E-state index in [-0.39, 0.29) is 12.5 Å². The number of para-hydroxylation sites is 1. The monoisotopic (exact) mass is 424 g/mol. The van der Waals surface area contributed by atoms with E-state index >= 15 is 0 Å². The first kappa shape index (κ1) is 21.2. The van der Waals surface area contributed by atoms with Crippen molar-refractivity contribution in [3.05, 3.63) is 65.7 Å². The van der Waals surface area contributed by atoms with Crippen molar-refractivity contribution in [1.82, 2.24) is 10.2 Å². The number of ether oxygens (including phenoxy) is 2. The molecule has 1 saturated heterocycles. The molecular weight excluding hydrogens is 396 g/mol. The van der Waals surface area contributed by atoms with Gasteiger partial charge in [0, 0.05) is 12.1 Å². The predicted molar refractivity (Wildman–Crippen MR) is 114 cm³/mol. The Morgan fingerprint density at radius 3 is 2.65 bits per heavy atom. The predicted octanol–water partition coefficient (Wildman–Crippen LogP) is 3.18. The summed E-state index contributed by atoms with van der Waals surface area (Å²) >= 11 is 0. The third-order valence-electron chi connectivity index (χ3n) is 5.95. The van der Waals surface area contributed by atoms with Crippen LogP contribution in [0.25, 0.3) is 0 Å². The van der Waals surface area contributed by atoms with Gasteiger partial charge in [-0.3, -0.25) is 9.69 Å². The fraction of sp³-hybridized carbons (Fsp3) is 0.417. The number of amides is 2. The molecule has 164 valence electrons. The summed E-state index contributed by atoms with van der Waals surface area (Å²) in [6, 6.07) is 15.5. The smallest absolute Gasteiger partial charge is 0.410 e. The molecule has 7 heteroatoms. The number of benzene rings is 2. The second-order valence-corrected chi connectivity index (χ2v) is 8.57. The summed E-state index contributed by atoms with van der Waals surface area (Å²) < 4.78 is 11.3. The highest BCUT2D eigenvalue weighted by Crippen LogP contribution is 2.39. The Labute approximate surface area is 182 Å². The second-order valence-electron chi connectivity index (χ2n) is 8.57. The van der Waals surface area contributed by atoms with E-state index in [1.54, 1.807) is 13.8 Å². The van der Waals surface area contributed by atoms with E-state index in [0.717, 1.165) is 17.5 Å². The number of nitrogens with zero attached hydrogens (tertiary/aromatic N) is 1. The molecule has 2 aliphatic rings. The maximum absolute atomic E-state index is 13.2. The Bertz CT molecular complexity index is 946. The number of carbonyl (C=O) groups is 2. The van der Waals surface area contributed by atoms with Crippen LogP contribution in [0, 0.1) is 0 Å². The van der Waals surface area contributed by atoms with E-state index in [1.807, 2.05) is 54.6 Å². The Morgan fingerprint density at radius 1 is 1.16 bits per heavy atom. The van der Waals surface area contributed by atoms with Gasteiger partial charge in [0.1, 0.15) is 30.1 Å². The molecular formula is C24H28N2O5. The zero-order valence-corrected chi connectivity index (χ0v) is 17.8. The van der Waals surface area contributed by atoms with Crippen molar-refractivity contribution in [2.75, 3.05) is 6.54 Å². The lowest BCUT2D eigenvalue weighted by molar-refractivity contribution is -0.129. The number of nitrogens with one attached hydrogen (secondary N) is 1. The van der Waals surface area contributed by atoms with Crippen LogP contribution in [-0.2, 0) is 16.1 Å². The number of likely N-dealkylation sites (tertiary alicyclic amines) is 1. The van der Waals surface area contributed by atoms with Gasteiger partial charge >= 0.3 is 6.09 Å². The average Bonchev–Trinajstić information content (AvgIpc) is 3.26. The summed E-state index contributed by atoms with van der Waals surface area (Å²) in [7, 11) is 0. The lowest BCUT2D eigenvalue weighted by Crippen LogP contribution is -2.56. The van der Waals surface area contributed by atoms with Crippen molar-refractivity contribution in [3.8, 4) is 5.75 Å². The highest BCUT2D eigenvalue weighted by Gasteiger charge is 2.45. The average molecular weight is 424 g/mol. The summed E-state index contributed by atoms with van der Waals surface area (Å²) in [5.41, 5.74) is 0.745. The van der Waals surface area contributed by atoms with Crippen LogP contribution < -0.4 is 10.1 Å². The van der Waals surface area contributed by atoms with Crippen molar-refractivity contribution in [1.29, 1.82) is 0 Å². The number of hydrogen-bond acceptors (Lipinski definition) is 5. The van der Waals surface area contributed by atoms with Crippen molar-refractivity contribution in [3.63, 3.8) is 0 Å². The quantitative estimate of drug-likeness (QED) is 0.787. The van der Waals surface area contributed by atoms with Crippen molar-refractivity contribution in [2.45, 2.75) is 57.1 Å². The molecule has 2 N–H and O–H groups in total. The van der Waals surface area contributed by atoms with Gasteiger partial charge in [0.15, 0.2) is 0 Å². The third-order valence-corrected chi connectivity index (χ3v) is 5.95. The molecule has 7 nitrogen and oxygen atoms in total. The Hall–Kier alpha value is -3.06. The second kappa shape index (κ2) is 8.59. The van der Waals surface area contributed by atoms with Crippen molar-refractivity contribution < 1.29 is 24.2 Å². The number of hydrogen-bond donors (Lipinski definition) is 2. The van der Waals surface area contributed by atoms with Crippen molar-refractivity contribution >= 4 is 12.0 Å². The Morgan fingerprint density at radius 2 is 1.87 bits per heavy atom. The summed E-state index contributed by atoms with van der Waals surface area (Å²) in [6.45, 7) is 4.19. The molecule has 2 amide bonds. The molecule has 0 radical (unpaired) electrons. The summed E-state index contributed by atoms with van der Waals surface area (Å²) in [5, 5.41) is 13.8. The largest absolute Gasteiger partial charge is 0.485 e. The molecule has 0 aliphatic carbocycles. The van der Waals surface area contributed by atoms with Crippen LogP contribution in [0.1, 0.15) is 43.9 Å². The maximum atomic E-state index is 13.2. The first-order valence-electron chi connectivity index (χ1n) is 10.6. The van der Waals surface area contributed by atoms with Gasteiger partial charge in [-0.05, 0) is 38.3 Å². The van der Waals surface area contributed by atoms with E-state index < -0.39 is 29.9 Å². The molecule has 1 fully saturated rings. The Balaban J connectivity index is 1.45. The number of rotatable bonds is 4. The highest BCUT2D eigenvalue weighted by atomic mass is 16.6. The molecule has 31 heavy (non-hydrogen) atoms. The van der Waals surface area contributed by atoms with Gasteiger partial charge in [-0.2, -0.15) is 0 Å². The first-order chi connectivity index (χ1) is 14.9.